The summed E-state index contributed by atoms with van der Waals surface area (Å²) in [6.45, 7) is 0. The standard InChI is InChI=1S/C13H16N2O3/c14-13(7-4-8-13)12(18)15-10(11(16)17)9-5-2-1-3-6-9/h1-3,5-6,10H,4,7-8,14H2,(H,15,18)(H,16,17)/t10-/m0/s1. The number of carbonyl (C=O) groups excluding carboxylic acids is 1. The third-order valence-corrected chi connectivity index (χ3v) is 3.35. The summed E-state index contributed by atoms with van der Waals surface area (Å²) >= 11 is 0. The Morgan fingerprint density at radius 1 is 1.28 bits per heavy atom. The van der Waals surface area contributed by atoms with E-state index < -0.39 is 17.6 Å². The highest BCUT2D eigenvalue weighted by atomic mass is 16.4. The third-order valence-electron chi connectivity index (χ3n) is 3.35. The molecular formula is C13H16N2O3. The number of carbonyl (C=O) groups is 2. The fourth-order valence-electron chi connectivity index (χ4n) is 1.99. The number of nitrogens with one attached hydrogen (secondary N) is 1. The van der Waals surface area contributed by atoms with Crippen molar-refractivity contribution in [3.05, 3.63) is 35.9 Å². The molecule has 1 atom stereocenters. The van der Waals surface area contributed by atoms with Crippen LogP contribution >= 0.6 is 0 Å². The average molecular weight is 248 g/mol. The number of hydrogen-bond donors (Lipinski definition) is 3. The van der Waals surface area contributed by atoms with Crippen molar-refractivity contribution in [3.63, 3.8) is 0 Å². The van der Waals surface area contributed by atoms with Gasteiger partial charge in [-0.3, -0.25) is 4.79 Å². The van der Waals surface area contributed by atoms with Gasteiger partial charge in [-0.1, -0.05) is 30.3 Å². The summed E-state index contributed by atoms with van der Waals surface area (Å²) in [6.07, 6.45) is 2.13. The smallest absolute Gasteiger partial charge is 0.330 e. The average Bonchev–Trinajstić information content (AvgIpc) is 2.33. The lowest BCUT2D eigenvalue weighted by atomic mass is 9.77. The molecule has 1 aromatic carbocycles. The fraction of sp³-hybridized carbons (Fsp3) is 0.385. The van der Waals surface area contributed by atoms with Crippen molar-refractivity contribution in [1.29, 1.82) is 0 Å². The van der Waals surface area contributed by atoms with Crippen molar-refractivity contribution in [1.82, 2.24) is 5.32 Å². The second kappa shape index (κ2) is 4.78. The van der Waals surface area contributed by atoms with Crippen LogP contribution < -0.4 is 11.1 Å². The quantitative estimate of drug-likeness (QED) is 0.735. The van der Waals surface area contributed by atoms with Crippen molar-refractivity contribution in [2.45, 2.75) is 30.8 Å². The number of nitrogens with two attached hydrogens (primary N) is 1. The van der Waals surface area contributed by atoms with Gasteiger partial charge in [-0.25, -0.2) is 4.79 Å². The van der Waals surface area contributed by atoms with Crippen molar-refractivity contribution < 1.29 is 14.7 Å². The minimum Gasteiger partial charge on any atom is -0.479 e. The molecule has 0 heterocycles. The summed E-state index contributed by atoms with van der Waals surface area (Å²) in [5, 5.41) is 11.7. The van der Waals surface area contributed by atoms with Crippen LogP contribution in [-0.4, -0.2) is 22.5 Å². The number of carboxylic acids is 1. The highest BCUT2D eigenvalue weighted by Gasteiger charge is 2.41. The molecule has 4 N–H and O–H groups in total. The van der Waals surface area contributed by atoms with E-state index in [1.165, 1.54) is 0 Å². The molecule has 18 heavy (non-hydrogen) atoms. The van der Waals surface area contributed by atoms with Crippen LogP contribution in [0.25, 0.3) is 0 Å². The monoisotopic (exact) mass is 248 g/mol. The summed E-state index contributed by atoms with van der Waals surface area (Å²) < 4.78 is 0. The lowest BCUT2D eigenvalue weighted by Gasteiger charge is -2.37. The molecule has 0 spiro atoms. The predicted octanol–water partition coefficient (Wildman–Crippen LogP) is 0.810. The molecular weight excluding hydrogens is 232 g/mol. The highest BCUT2D eigenvalue weighted by Crippen LogP contribution is 2.30. The van der Waals surface area contributed by atoms with Gasteiger partial charge in [0.05, 0.1) is 5.54 Å². The molecule has 1 amide bonds. The molecule has 5 heteroatoms. The van der Waals surface area contributed by atoms with E-state index in [1.54, 1.807) is 30.3 Å². The first-order valence-corrected chi connectivity index (χ1v) is 5.90. The molecule has 1 fully saturated rings. The topological polar surface area (TPSA) is 92.4 Å². The van der Waals surface area contributed by atoms with Gasteiger partial charge in [0, 0.05) is 0 Å². The van der Waals surface area contributed by atoms with Crippen LogP contribution in [0.4, 0.5) is 0 Å². The number of benzene rings is 1. The Labute approximate surface area is 105 Å². The Morgan fingerprint density at radius 3 is 2.33 bits per heavy atom. The van der Waals surface area contributed by atoms with Crippen molar-refractivity contribution in [2.75, 3.05) is 0 Å². The Bertz CT molecular complexity index is 455. The fourth-order valence-corrected chi connectivity index (χ4v) is 1.99. The zero-order valence-corrected chi connectivity index (χ0v) is 9.93. The first-order chi connectivity index (χ1) is 8.53. The van der Waals surface area contributed by atoms with E-state index in [4.69, 9.17) is 5.73 Å². The number of carboxylic acid groups (broad SMARTS) is 1. The summed E-state index contributed by atoms with van der Waals surface area (Å²) in [7, 11) is 0. The molecule has 2 rings (SSSR count). The van der Waals surface area contributed by atoms with Gasteiger partial charge in [0.15, 0.2) is 6.04 Å². The second-order valence-electron chi connectivity index (χ2n) is 4.67. The number of aliphatic carboxylic acids is 1. The molecule has 1 aromatic rings. The maximum Gasteiger partial charge on any atom is 0.330 e. The van der Waals surface area contributed by atoms with E-state index in [0.717, 1.165) is 6.42 Å². The van der Waals surface area contributed by atoms with Crippen LogP contribution in [0.1, 0.15) is 30.9 Å². The van der Waals surface area contributed by atoms with E-state index in [9.17, 15) is 14.7 Å². The van der Waals surface area contributed by atoms with Gasteiger partial charge in [-0.05, 0) is 24.8 Å². The highest BCUT2D eigenvalue weighted by molar-refractivity contribution is 5.91. The SMILES string of the molecule is NC1(C(=O)N[C@H](C(=O)O)c2ccccc2)CCC1. The molecule has 1 aliphatic carbocycles. The van der Waals surface area contributed by atoms with Crippen LogP contribution in [-0.2, 0) is 9.59 Å². The maximum atomic E-state index is 11.9. The van der Waals surface area contributed by atoms with E-state index in [2.05, 4.69) is 5.32 Å². The predicted molar refractivity (Wildman–Crippen MR) is 65.7 cm³/mol. The molecule has 1 aliphatic rings. The van der Waals surface area contributed by atoms with Gasteiger partial charge in [0.2, 0.25) is 5.91 Å². The number of amides is 1. The van der Waals surface area contributed by atoms with Crippen LogP contribution in [0.3, 0.4) is 0 Å². The van der Waals surface area contributed by atoms with Crippen LogP contribution in [0.15, 0.2) is 30.3 Å². The van der Waals surface area contributed by atoms with E-state index in [-0.39, 0.29) is 5.91 Å². The van der Waals surface area contributed by atoms with Crippen LogP contribution in [0.5, 0.6) is 0 Å². The zero-order valence-electron chi connectivity index (χ0n) is 9.93. The summed E-state index contributed by atoms with van der Waals surface area (Å²) in [5.74, 6) is -1.47. The van der Waals surface area contributed by atoms with Crippen LogP contribution in [0.2, 0.25) is 0 Å². The normalized spacial score (nSPS) is 18.5. The largest absolute Gasteiger partial charge is 0.479 e. The minimum absolute atomic E-state index is 0.384. The van der Waals surface area contributed by atoms with Gasteiger partial charge in [-0.2, -0.15) is 0 Å². The van der Waals surface area contributed by atoms with E-state index >= 15 is 0 Å². The van der Waals surface area contributed by atoms with Gasteiger partial charge >= 0.3 is 5.97 Å². The molecule has 1 saturated carbocycles. The Balaban J connectivity index is 2.13. The molecule has 0 aliphatic heterocycles. The molecule has 5 nitrogen and oxygen atoms in total. The molecule has 0 aromatic heterocycles. The number of rotatable bonds is 4. The van der Waals surface area contributed by atoms with Gasteiger partial charge in [0.25, 0.3) is 0 Å². The zero-order chi connectivity index (χ0) is 13.2. The summed E-state index contributed by atoms with van der Waals surface area (Å²) in [5.41, 5.74) is 5.52. The van der Waals surface area contributed by atoms with Gasteiger partial charge in [-0.15, -0.1) is 0 Å². The lowest BCUT2D eigenvalue weighted by molar-refractivity contribution is -0.143. The summed E-state index contributed by atoms with van der Waals surface area (Å²) in [4.78, 5) is 23.1. The Kier molecular flexibility index (Phi) is 3.34. The third kappa shape index (κ3) is 2.36. The van der Waals surface area contributed by atoms with Crippen molar-refractivity contribution >= 4 is 11.9 Å². The maximum absolute atomic E-state index is 11.9. The number of hydrogen-bond acceptors (Lipinski definition) is 3. The second-order valence-corrected chi connectivity index (χ2v) is 4.67. The van der Waals surface area contributed by atoms with Crippen LogP contribution in [0, 0.1) is 0 Å². The molecule has 96 valence electrons. The molecule has 0 radical (unpaired) electrons. The first-order valence-electron chi connectivity index (χ1n) is 5.90. The van der Waals surface area contributed by atoms with Gasteiger partial charge < -0.3 is 16.2 Å². The molecule has 0 bridgehead atoms. The molecule has 0 unspecified atom stereocenters. The summed E-state index contributed by atoms with van der Waals surface area (Å²) in [6, 6.07) is 7.56. The van der Waals surface area contributed by atoms with E-state index in [0.29, 0.717) is 18.4 Å². The van der Waals surface area contributed by atoms with Gasteiger partial charge in [0.1, 0.15) is 0 Å². The molecule has 0 saturated heterocycles. The van der Waals surface area contributed by atoms with E-state index in [1.807, 2.05) is 0 Å². The Morgan fingerprint density at radius 2 is 1.89 bits per heavy atom. The Hall–Kier alpha value is -1.88. The van der Waals surface area contributed by atoms with Crippen molar-refractivity contribution in [2.24, 2.45) is 5.73 Å². The lowest BCUT2D eigenvalue weighted by Crippen LogP contribution is -2.59. The minimum atomic E-state index is -1.09. The van der Waals surface area contributed by atoms with Crippen molar-refractivity contribution in [3.8, 4) is 0 Å². The first kappa shape index (κ1) is 12.6.